The molecule has 81 heavy (non-hydrogen) atoms. The SMILES string of the molecule is C.C.Cc1noc(-c2ccc(-c3ccc(N4CCC[C@@H](C(=O)O)C4)cc3)cc2)c1NC(=O)O[C@H](C)c1ccccc1.Cc1noc(-c2ccc(-c3ccc(N4C[CH-]CCC4)cc3)cc2)c1NC(=O)O[C@H](C)c1ccccc1.O=C=O.[Na+]. The first-order chi connectivity index (χ1) is 37.9. The molecule has 4 heterocycles. The third-order valence-electron chi connectivity index (χ3n) is 13.7. The summed E-state index contributed by atoms with van der Waals surface area (Å²) < 4.78 is 22.2. The molecule has 0 spiro atoms. The molecule has 17 heteroatoms. The van der Waals surface area contributed by atoms with Gasteiger partial charge in [0.2, 0.25) is 0 Å². The number of hydrogen-bond donors (Lipinski definition) is 3. The largest absolute Gasteiger partial charge is 1.00 e. The fourth-order valence-corrected chi connectivity index (χ4v) is 9.37. The number of aryl methyl sites for hydroxylation is 2. The van der Waals surface area contributed by atoms with Crippen LogP contribution in [0.3, 0.4) is 0 Å². The van der Waals surface area contributed by atoms with Crippen LogP contribution in [0.15, 0.2) is 167 Å². The fraction of sp³-hybridized carbons (Fsp3) is 0.266. The number of carboxylic acid groups (broad SMARTS) is 1. The van der Waals surface area contributed by atoms with Crippen LogP contribution in [-0.4, -0.2) is 65.9 Å². The summed E-state index contributed by atoms with van der Waals surface area (Å²) in [7, 11) is 0. The van der Waals surface area contributed by atoms with Gasteiger partial charge in [0, 0.05) is 42.1 Å². The van der Waals surface area contributed by atoms with E-state index >= 15 is 0 Å². The number of nitrogens with zero attached hydrogens (tertiary/aromatic N) is 4. The van der Waals surface area contributed by atoms with Crippen molar-refractivity contribution in [3.8, 4) is 44.9 Å². The second kappa shape index (κ2) is 30.9. The Bertz CT molecular complexity index is 3270. The molecule has 6 aromatic carbocycles. The van der Waals surface area contributed by atoms with Crippen molar-refractivity contribution in [2.75, 3.05) is 46.6 Å². The molecule has 2 aliphatic heterocycles. The average molecular weight is 1110 g/mol. The summed E-state index contributed by atoms with van der Waals surface area (Å²) in [5.74, 6) is -0.0913. The number of nitrogens with one attached hydrogen (secondary N) is 2. The van der Waals surface area contributed by atoms with Crippen molar-refractivity contribution >= 4 is 47.1 Å². The zero-order valence-corrected chi connectivity index (χ0v) is 46.9. The number of anilines is 4. The first-order valence-corrected chi connectivity index (χ1v) is 25.8. The van der Waals surface area contributed by atoms with Crippen LogP contribution in [-0.2, 0) is 23.9 Å². The summed E-state index contributed by atoms with van der Waals surface area (Å²) in [5, 5.41) is 23.1. The molecule has 3 N–H and O–H groups in total. The molecule has 3 atom stereocenters. The molecule has 416 valence electrons. The number of amides is 2. The molecule has 8 aromatic rings. The van der Waals surface area contributed by atoms with Crippen molar-refractivity contribution in [2.24, 2.45) is 5.92 Å². The van der Waals surface area contributed by atoms with Gasteiger partial charge in [0.1, 0.15) is 35.0 Å². The molecule has 2 aliphatic rings. The molecule has 2 saturated heterocycles. The number of rotatable bonds is 13. The minimum absolute atomic E-state index is 0. The van der Waals surface area contributed by atoms with Crippen molar-refractivity contribution in [1.82, 2.24) is 10.3 Å². The number of benzene rings is 6. The summed E-state index contributed by atoms with van der Waals surface area (Å²) in [6, 6.07) is 51.9. The van der Waals surface area contributed by atoms with Crippen LogP contribution in [0.25, 0.3) is 44.9 Å². The van der Waals surface area contributed by atoms with Gasteiger partial charge >= 0.3 is 53.9 Å². The normalized spacial score (nSPS) is 14.1. The van der Waals surface area contributed by atoms with Gasteiger partial charge in [-0.15, -0.1) is 6.54 Å². The summed E-state index contributed by atoms with van der Waals surface area (Å²) in [5.41, 5.74) is 12.2. The van der Waals surface area contributed by atoms with Gasteiger partial charge in [0.05, 0.1) is 5.92 Å². The van der Waals surface area contributed by atoms with Gasteiger partial charge in [-0.3, -0.25) is 15.4 Å². The average Bonchev–Trinajstić information content (AvgIpc) is 4.04. The fourth-order valence-electron chi connectivity index (χ4n) is 9.37. The molecule has 0 saturated carbocycles. The van der Waals surface area contributed by atoms with Crippen LogP contribution in [0.2, 0.25) is 0 Å². The summed E-state index contributed by atoms with van der Waals surface area (Å²) in [6.07, 6.45) is 4.69. The van der Waals surface area contributed by atoms with Crippen LogP contribution >= 0.6 is 0 Å². The van der Waals surface area contributed by atoms with E-state index in [1.165, 1.54) is 18.5 Å². The Hall–Kier alpha value is -8.27. The van der Waals surface area contributed by atoms with Gasteiger partial charge in [-0.2, -0.15) is 16.0 Å². The molecule has 0 radical (unpaired) electrons. The van der Waals surface area contributed by atoms with Crippen molar-refractivity contribution < 1.29 is 77.2 Å². The van der Waals surface area contributed by atoms with Gasteiger partial charge in [0.25, 0.3) is 0 Å². The molecule has 2 aromatic heterocycles. The van der Waals surface area contributed by atoms with Crippen LogP contribution in [0, 0.1) is 26.2 Å². The van der Waals surface area contributed by atoms with Crippen molar-refractivity contribution in [1.29, 1.82) is 0 Å². The van der Waals surface area contributed by atoms with E-state index in [4.69, 9.17) is 28.1 Å². The van der Waals surface area contributed by atoms with Crippen LogP contribution in [0.1, 0.15) is 89.1 Å². The van der Waals surface area contributed by atoms with Crippen LogP contribution < -0.4 is 50.0 Å². The zero-order valence-electron chi connectivity index (χ0n) is 44.9. The first-order valence-electron chi connectivity index (χ1n) is 25.8. The van der Waals surface area contributed by atoms with E-state index in [1.54, 1.807) is 13.8 Å². The third-order valence-corrected chi connectivity index (χ3v) is 13.7. The van der Waals surface area contributed by atoms with Gasteiger partial charge in [-0.25, -0.2) is 9.59 Å². The number of piperidine rings is 2. The minimum atomic E-state index is -0.727. The van der Waals surface area contributed by atoms with Crippen molar-refractivity contribution in [3.63, 3.8) is 0 Å². The van der Waals surface area contributed by atoms with E-state index in [0.717, 1.165) is 82.7 Å². The van der Waals surface area contributed by atoms with Gasteiger partial charge in [-0.1, -0.05) is 165 Å². The summed E-state index contributed by atoms with van der Waals surface area (Å²) in [4.78, 5) is 57.4. The van der Waals surface area contributed by atoms with E-state index in [2.05, 4.69) is 73.6 Å². The van der Waals surface area contributed by atoms with Gasteiger partial charge < -0.3 is 39.8 Å². The van der Waals surface area contributed by atoms with Crippen molar-refractivity contribution in [2.45, 2.75) is 80.4 Å². The number of carbonyl (C=O) groups is 3. The molecular weight excluding hydrogens is 1040 g/mol. The van der Waals surface area contributed by atoms with Crippen molar-refractivity contribution in [3.05, 3.63) is 187 Å². The Morgan fingerprint density at radius 2 is 0.963 bits per heavy atom. The van der Waals surface area contributed by atoms with E-state index < -0.39 is 24.3 Å². The van der Waals surface area contributed by atoms with E-state index in [0.29, 0.717) is 40.8 Å². The maximum Gasteiger partial charge on any atom is 1.00 e. The molecular formula is C64H69N6NaO10. The molecule has 16 nitrogen and oxygen atoms in total. The Labute approximate surface area is 496 Å². The number of carboxylic acids is 1. The number of aliphatic carboxylic acids is 1. The second-order valence-electron chi connectivity index (χ2n) is 18.9. The maximum atomic E-state index is 12.6. The predicted molar refractivity (Wildman–Crippen MR) is 311 cm³/mol. The monoisotopic (exact) mass is 1100 g/mol. The summed E-state index contributed by atoms with van der Waals surface area (Å²) in [6.45, 7) is 10.7. The topological polar surface area (TPSA) is 207 Å². The number of ether oxygens (including phenoxy) is 2. The molecule has 2 fully saturated rings. The Morgan fingerprint density at radius 1 is 0.593 bits per heavy atom. The molecule has 2 amide bonds. The molecule has 0 bridgehead atoms. The Morgan fingerprint density at radius 3 is 1.35 bits per heavy atom. The predicted octanol–water partition coefficient (Wildman–Crippen LogP) is 12.1. The van der Waals surface area contributed by atoms with E-state index in [-0.39, 0.29) is 62.6 Å². The van der Waals surface area contributed by atoms with E-state index in [9.17, 15) is 19.5 Å². The van der Waals surface area contributed by atoms with Crippen LogP contribution in [0.4, 0.5) is 32.3 Å². The second-order valence-corrected chi connectivity index (χ2v) is 18.9. The molecule has 0 unspecified atom stereocenters. The zero-order chi connectivity index (χ0) is 55.0. The number of carbonyl (C=O) groups excluding carboxylic acids is 4. The Balaban J connectivity index is 0.000000275. The standard InChI is InChI=1S/C31H31N3O5.C30H30N3O3.CO2.2CH4.Na/c1-20-28(32-31(37)38-21(2)22-7-4-3-5-8-22)29(39-33-20)25-12-10-23(11-13-25)24-14-16-27(17-15-24)34-18-6-9-26(19-34)30(35)36;1-21-28(31-30(34)35-22(2)23-9-5-3-6-10-23)29(36-32-21)26-13-11-24(12-14-26)25-15-17-27(18-16-25)33-19-7-4-8-20-33;2-1-3;;;/h3-5,7-8,10-17,21,26H,6,9,18-19H2,1-2H3,(H,32,37)(H,35,36);3,5-7,9-18,22H,4,8,19-20H2,1-2H3,(H,31,34);;2*1H4;/q;-1;;;;+1/t21-,26-;22-;;;;/m11..../s1. The third kappa shape index (κ3) is 16.9. The summed E-state index contributed by atoms with van der Waals surface area (Å²) >= 11 is 0. The molecule has 0 aliphatic carbocycles. The number of aromatic nitrogens is 2. The van der Waals surface area contributed by atoms with Gasteiger partial charge in [0.15, 0.2) is 11.5 Å². The number of hydrogen-bond acceptors (Lipinski definition) is 13. The van der Waals surface area contributed by atoms with E-state index in [1.807, 2.05) is 135 Å². The molecule has 10 rings (SSSR count). The first kappa shape index (κ1) is 63.6. The minimum Gasteiger partial charge on any atom is -0.481 e. The van der Waals surface area contributed by atoms with Gasteiger partial charge in [-0.05, 0) is 98.2 Å². The quantitative estimate of drug-likeness (QED) is 0.0725. The Kier molecular flexibility index (Phi) is 24.3. The van der Waals surface area contributed by atoms with Crippen LogP contribution in [0.5, 0.6) is 0 Å². The smallest absolute Gasteiger partial charge is 0.481 e. The maximum absolute atomic E-state index is 12.6.